The molecule has 0 N–H and O–H groups in total. The second-order valence-corrected chi connectivity index (χ2v) is 3.00. The van der Waals surface area contributed by atoms with Crippen LogP contribution in [0.1, 0.15) is 33.6 Å². The topological polar surface area (TPSA) is 9.23 Å². The molecule has 0 bridgehead atoms. The molecule has 1 unspecified atom stereocenters. The van der Waals surface area contributed by atoms with Crippen molar-refractivity contribution in [2.45, 2.75) is 39.7 Å². The SMILES string of the molecule is [CH2]CC(CC(C)C)OCC. The third kappa shape index (κ3) is 4.80. The zero-order valence-corrected chi connectivity index (χ0v) is 7.39. The van der Waals surface area contributed by atoms with Crippen LogP contribution in [0, 0.1) is 12.8 Å². The molecule has 0 aliphatic heterocycles. The van der Waals surface area contributed by atoms with Crippen LogP contribution in [-0.4, -0.2) is 12.7 Å². The number of hydrogen-bond acceptors (Lipinski definition) is 1. The molecule has 0 aromatic carbocycles. The van der Waals surface area contributed by atoms with E-state index in [1.54, 1.807) is 0 Å². The van der Waals surface area contributed by atoms with Gasteiger partial charge >= 0.3 is 0 Å². The van der Waals surface area contributed by atoms with E-state index in [-0.39, 0.29) is 0 Å². The van der Waals surface area contributed by atoms with Gasteiger partial charge < -0.3 is 4.74 Å². The van der Waals surface area contributed by atoms with Gasteiger partial charge in [0.25, 0.3) is 0 Å². The Bertz CT molecular complexity index is 69.1. The van der Waals surface area contributed by atoms with Crippen molar-refractivity contribution in [2.24, 2.45) is 5.92 Å². The number of ether oxygens (including phenoxy) is 1. The molecular weight excluding hydrogens is 124 g/mol. The molecule has 0 rings (SSSR count). The van der Waals surface area contributed by atoms with Crippen molar-refractivity contribution in [3.8, 4) is 0 Å². The number of rotatable bonds is 5. The van der Waals surface area contributed by atoms with Crippen molar-refractivity contribution in [3.63, 3.8) is 0 Å². The van der Waals surface area contributed by atoms with E-state index in [4.69, 9.17) is 4.74 Å². The Hall–Kier alpha value is -0.0400. The summed E-state index contributed by atoms with van der Waals surface area (Å²) in [5.41, 5.74) is 0. The van der Waals surface area contributed by atoms with Crippen molar-refractivity contribution in [2.75, 3.05) is 6.61 Å². The molecule has 0 aromatic heterocycles. The van der Waals surface area contributed by atoms with Gasteiger partial charge in [0.1, 0.15) is 0 Å². The van der Waals surface area contributed by atoms with Crippen LogP contribution in [0.3, 0.4) is 0 Å². The molecule has 0 heterocycles. The second kappa shape index (κ2) is 5.72. The fraction of sp³-hybridized carbons (Fsp3) is 0.889. The monoisotopic (exact) mass is 143 g/mol. The quantitative estimate of drug-likeness (QED) is 0.575. The van der Waals surface area contributed by atoms with E-state index < -0.39 is 0 Å². The molecule has 1 heteroatoms. The van der Waals surface area contributed by atoms with Gasteiger partial charge in [-0.3, -0.25) is 0 Å². The first-order valence-corrected chi connectivity index (χ1v) is 4.11. The van der Waals surface area contributed by atoms with E-state index in [0.29, 0.717) is 6.10 Å². The highest BCUT2D eigenvalue weighted by Gasteiger charge is 2.06. The predicted octanol–water partition coefficient (Wildman–Crippen LogP) is 2.66. The Morgan fingerprint density at radius 2 is 2.00 bits per heavy atom. The van der Waals surface area contributed by atoms with Crippen LogP contribution in [0.25, 0.3) is 0 Å². The number of hydrogen-bond donors (Lipinski definition) is 0. The van der Waals surface area contributed by atoms with Crippen molar-refractivity contribution in [1.82, 2.24) is 0 Å². The van der Waals surface area contributed by atoms with Gasteiger partial charge in [-0.1, -0.05) is 20.8 Å². The zero-order chi connectivity index (χ0) is 7.98. The molecule has 1 atom stereocenters. The second-order valence-electron chi connectivity index (χ2n) is 3.00. The molecule has 10 heavy (non-hydrogen) atoms. The first-order valence-electron chi connectivity index (χ1n) is 4.11. The minimum atomic E-state index is 0.380. The van der Waals surface area contributed by atoms with Crippen molar-refractivity contribution < 1.29 is 4.74 Å². The third-order valence-electron chi connectivity index (χ3n) is 1.46. The summed E-state index contributed by atoms with van der Waals surface area (Å²) in [6.45, 7) is 11.1. The van der Waals surface area contributed by atoms with Crippen LogP contribution in [0.2, 0.25) is 0 Å². The van der Waals surface area contributed by atoms with E-state index in [2.05, 4.69) is 20.8 Å². The summed E-state index contributed by atoms with van der Waals surface area (Å²) in [5, 5.41) is 0. The average Bonchev–Trinajstić information content (AvgIpc) is 1.86. The summed E-state index contributed by atoms with van der Waals surface area (Å²) in [5.74, 6) is 0.721. The Balaban J connectivity index is 3.39. The molecule has 0 spiro atoms. The van der Waals surface area contributed by atoms with Gasteiger partial charge in [0, 0.05) is 6.61 Å². The largest absolute Gasteiger partial charge is 0.378 e. The van der Waals surface area contributed by atoms with Crippen molar-refractivity contribution in [3.05, 3.63) is 6.92 Å². The van der Waals surface area contributed by atoms with Crippen LogP contribution < -0.4 is 0 Å². The molecule has 0 saturated heterocycles. The molecule has 0 aliphatic carbocycles. The Kier molecular flexibility index (Phi) is 5.70. The summed E-state index contributed by atoms with van der Waals surface area (Å²) >= 11 is 0. The predicted molar refractivity (Wildman–Crippen MR) is 44.8 cm³/mol. The third-order valence-corrected chi connectivity index (χ3v) is 1.46. The first-order chi connectivity index (χ1) is 4.70. The molecule has 1 radical (unpaired) electrons. The Labute approximate surface area is 64.8 Å². The molecule has 61 valence electrons. The molecule has 0 aliphatic rings. The lowest BCUT2D eigenvalue weighted by molar-refractivity contribution is 0.0498. The summed E-state index contributed by atoms with van der Waals surface area (Å²) in [7, 11) is 0. The van der Waals surface area contributed by atoms with Gasteiger partial charge in [-0.25, -0.2) is 0 Å². The van der Waals surface area contributed by atoms with Crippen LogP contribution in [0.4, 0.5) is 0 Å². The van der Waals surface area contributed by atoms with Gasteiger partial charge in [0.2, 0.25) is 0 Å². The van der Waals surface area contributed by atoms with E-state index in [1.807, 2.05) is 6.92 Å². The summed E-state index contributed by atoms with van der Waals surface area (Å²) in [6.07, 6.45) is 2.41. The highest BCUT2D eigenvalue weighted by atomic mass is 16.5. The van der Waals surface area contributed by atoms with Gasteiger partial charge in [0.05, 0.1) is 6.10 Å². The average molecular weight is 143 g/mol. The normalized spacial score (nSPS) is 14.1. The van der Waals surface area contributed by atoms with E-state index in [9.17, 15) is 0 Å². The molecule has 0 amide bonds. The minimum Gasteiger partial charge on any atom is -0.378 e. The van der Waals surface area contributed by atoms with E-state index >= 15 is 0 Å². The zero-order valence-electron chi connectivity index (χ0n) is 7.39. The minimum absolute atomic E-state index is 0.380. The van der Waals surface area contributed by atoms with Crippen molar-refractivity contribution >= 4 is 0 Å². The first kappa shape index (κ1) is 9.96. The molecular formula is C9H19O. The lowest BCUT2D eigenvalue weighted by atomic mass is 10.0. The maximum absolute atomic E-state index is 5.44. The molecule has 0 aromatic rings. The van der Waals surface area contributed by atoms with Crippen molar-refractivity contribution in [1.29, 1.82) is 0 Å². The maximum Gasteiger partial charge on any atom is 0.0577 e. The molecule has 1 nitrogen and oxygen atoms in total. The van der Waals surface area contributed by atoms with Crippen LogP contribution in [0.15, 0.2) is 0 Å². The van der Waals surface area contributed by atoms with E-state index in [1.165, 1.54) is 0 Å². The van der Waals surface area contributed by atoms with Gasteiger partial charge in [-0.2, -0.15) is 0 Å². The van der Waals surface area contributed by atoms with Gasteiger partial charge in [0.15, 0.2) is 0 Å². The fourth-order valence-corrected chi connectivity index (χ4v) is 1.03. The van der Waals surface area contributed by atoms with E-state index in [0.717, 1.165) is 25.4 Å². The highest BCUT2D eigenvalue weighted by molar-refractivity contribution is 4.61. The van der Waals surface area contributed by atoms with Crippen LogP contribution in [0.5, 0.6) is 0 Å². The van der Waals surface area contributed by atoms with Crippen LogP contribution in [-0.2, 0) is 4.74 Å². The summed E-state index contributed by atoms with van der Waals surface area (Å²) in [6, 6.07) is 0. The van der Waals surface area contributed by atoms with Crippen LogP contribution >= 0.6 is 0 Å². The highest BCUT2D eigenvalue weighted by Crippen LogP contribution is 2.10. The summed E-state index contributed by atoms with van der Waals surface area (Å²) in [4.78, 5) is 0. The standard InChI is InChI=1S/C9H19O/c1-5-9(10-6-2)7-8(3)4/h8-9H,1,5-7H2,2-4H3. The molecule has 0 saturated carbocycles. The Morgan fingerprint density at radius 1 is 1.40 bits per heavy atom. The lowest BCUT2D eigenvalue weighted by Crippen LogP contribution is -2.14. The molecule has 0 fully saturated rings. The lowest BCUT2D eigenvalue weighted by Gasteiger charge is -2.16. The van der Waals surface area contributed by atoms with Gasteiger partial charge in [-0.15, -0.1) is 0 Å². The van der Waals surface area contributed by atoms with Gasteiger partial charge in [-0.05, 0) is 25.7 Å². The summed E-state index contributed by atoms with van der Waals surface area (Å²) < 4.78 is 5.44. The maximum atomic E-state index is 5.44. The fourth-order valence-electron chi connectivity index (χ4n) is 1.03. The smallest absolute Gasteiger partial charge is 0.0577 e. The Morgan fingerprint density at radius 3 is 2.30 bits per heavy atom.